The number of phenols is 1. The van der Waals surface area contributed by atoms with Crippen LogP contribution in [0.5, 0.6) is 5.75 Å². The monoisotopic (exact) mass is 276 g/mol. The van der Waals surface area contributed by atoms with Crippen LogP contribution in [0.1, 0.15) is 11.6 Å². The van der Waals surface area contributed by atoms with Crippen molar-refractivity contribution in [1.82, 2.24) is 0 Å². The predicted octanol–water partition coefficient (Wildman–Crippen LogP) is 3.18. The quantitative estimate of drug-likeness (QED) is 0.902. The summed E-state index contributed by atoms with van der Waals surface area (Å²) < 4.78 is 0. The minimum atomic E-state index is -0.00163. The van der Waals surface area contributed by atoms with Gasteiger partial charge in [-0.05, 0) is 35.9 Å². The zero-order valence-electron chi connectivity index (χ0n) is 10.8. The first-order valence-corrected chi connectivity index (χ1v) is 6.47. The van der Waals surface area contributed by atoms with Crippen LogP contribution in [-0.2, 0) is 0 Å². The molecule has 0 bridgehead atoms. The molecule has 0 aromatic heterocycles. The maximum absolute atomic E-state index is 9.33. The van der Waals surface area contributed by atoms with Crippen molar-refractivity contribution in [3.63, 3.8) is 0 Å². The van der Waals surface area contributed by atoms with Crippen molar-refractivity contribution in [3.8, 4) is 5.75 Å². The number of anilines is 1. The Morgan fingerprint density at radius 1 is 1.16 bits per heavy atom. The first kappa shape index (κ1) is 13.7. The lowest BCUT2D eigenvalue weighted by atomic mass is 10.0. The van der Waals surface area contributed by atoms with Gasteiger partial charge in [-0.3, -0.25) is 0 Å². The summed E-state index contributed by atoms with van der Waals surface area (Å²) in [5.41, 5.74) is 7.87. The average molecular weight is 277 g/mol. The highest BCUT2D eigenvalue weighted by Gasteiger charge is 2.18. The third-order valence-electron chi connectivity index (χ3n) is 3.21. The molecule has 0 saturated carbocycles. The summed E-state index contributed by atoms with van der Waals surface area (Å²) in [6.45, 7) is 0.459. The van der Waals surface area contributed by atoms with E-state index in [-0.39, 0.29) is 11.8 Å². The van der Waals surface area contributed by atoms with E-state index in [0.29, 0.717) is 11.6 Å². The molecule has 2 aromatic carbocycles. The van der Waals surface area contributed by atoms with Crippen molar-refractivity contribution < 1.29 is 5.11 Å². The lowest BCUT2D eigenvalue weighted by Gasteiger charge is -2.30. The Morgan fingerprint density at radius 2 is 1.79 bits per heavy atom. The first-order valence-electron chi connectivity index (χ1n) is 6.10. The SMILES string of the molecule is CN(c1ccc(O)cc1)C(CN)c1ccccc1Cl. The molecule has 0 aliphatic heterocycles. The minimum absolute atomic E-state index is 0.00163. The largest absolute Gasteiger partial charge is 0.508 e. The Hall–Kier alpha value is -1.71. The maximum atomic E-state index is 9.33. The molecule has 0 aliphatic rings. The van der Waals surface area contributed by atoms with E-state index in [2.05, 4.69) is 4.90 Å². The van der Waals surface area contributed by atoms with Crippen LogP contribution in [0.2, 0.25) is 5.02 Å². The molecule has 0 aliphatic carbocycles. The van der Waals surface area contributed by atoms with E-state index in [9.17, 15) is 5.11 Å². The number of aromatic hydroxyl groups is 1. The minimum Gasteiger partial charge on any atom is -0.508 e. The number of nitrogens with zero attached hydrogens (tertiary/aromatic N) is 1. The molecule has 0 spiro atoms. The first-order chi connectivity index (χ1) is 9.13. The molecular formula is C15H17ClN2O. The van der Waals surface area contributed by atoms with Gasteiger partial charge in [0.2, 0.25) is 0 Å². The number of hydrogen-bond acceptors (Lipinski definition) is 3. The zero-order valence-corrected chi connectivity index (χ0v) is 11.5. The number of rotatable bonds is 4. The van der Waals surface area contributed by atoms with Crippen LogP contribution >= 0.6 is 11.6 Å². The molecule has 19 heavy (non-hydrogen) atoms. The second-order valence-electron chi connectivity index (χ2n) is 4.40. The van der Waals surface area contributed by atoms with Crippen LogP contribution in [-0.4, -0.2) is 18.7 Å². The summed E-state index contributed by atoms with van der Waals surface area (Å²) in [6, 6.07) is 14.7. The van der Waals surface area contributed by atoms with E-state index in [0.717, 1.165) is 11.3 Å². The average Bonchev–Trinajstić information content (AvgIpc) is 2.42. The fourth-order valence-electron chi connectivity index (χ4n) is 2.11. The van der Waals surface area contributed by atoms with Crippen molar-refractivity contribution in [2.24, 2.45) is 5.73 Å². The van der Waals surface area contributed by atoms with Crippen LogP contribution in [0.15, 0.2) is 48.5 Å². The summed E-state index contributed by atoms with van der Waals surface area (Å²) in [6.07, 6.45) is 0. The van der Waals surface area contributed by atoms with Gasteiger partial charge >= 0.3 is 0 Å². The van der Waals surface area contributed by atoms with Crippen LogP contribution in [0.4, 0.5) is 5.69 Å². The number of nitrogens with two attached hydrogens (primary N) is 1. The highest BCUT2D eigenvalue weighted by molar-refractivity contribution is 6.31. The summed E-state index contributed by atoms with van der Waals surface area (Å²) in [4.78, 5) is 2.06. The van der Waals surface area contributed by atoms with Gasteiger partial charge in [0.05, 0.1) is 6.04 Å². The van der Waals surface area contributed by atoms with Gasteiger partial charge in [0.25, 0.3) is 0 Å². The van der Waals surface area contributed by atoms with Crippen LogP contribution in [0, 0.1) is 0 Å². The van der Waals surface area contributed by atoms with Gasteiger partial charge < -0.3 is 15.7 Å². The fraction of sp³-hybridized carbons (Fsp3) is 0.200. The van der Waals surface area contributed by atoms with Gasteiger partial charge in [-0.15, -0.1) is 0 Å². The van der Waals surface area contributed by atoms with Gasteiger partial charge in [0.1, 0.15) is 5.75 Å². The molecule has 1 unspecified atom stereocenters. The summed E-state index contributed by atoms with van der Waals surface area (Å²) in [5.74, 6) is 0.249. The normalized spacial score (nSPS) is 12.2. The number of benzene rings is 2. The number of hydrogen-bond donors (Lipinski definition) is 2. The molecule has 0 heterocycles. The molecule has 0 saturated heterocycles. The highest BCUT2D eigenvalue weighted by Crippen LogP contribution is 2.30. The molecule has 0 radical (unpaired) electrons. The molecule has 100 valence electrons. The Bertz CT molecular complexity index is 542. The van der Waals surface area contributed by atoms with Crippen molar-refractivity contribution in [2.45, 2.75) is 6.04 Å². The van der Waals surface area contributed by atoms with Gasteiger partial charge in [-0.1, -0.05) is 29.8 Å². The van der Waals surface area contributed by atoms with Crippen molar-refractivity contribution >= 4 is 17.3 Å². The van der Waals surface area contributed by atoms with Crippen LogP contribution in [0.25, 0.3) is 0 Å². The van der Waals surface area contributed by atoms with Gasteiger partial charge in [0.15, 0.2) is 0 Å². The topological polar surface area (TPSA) is 49.5 Å². The lowest BCUT2D eigenvalue weighted by Crippen LogP contribution is -2.30. The Labute approximate surface area is 118 Å². The summed E-state index contributed by atoms with van der Waals surface area (Å²) >= 11 is 6.23. The van der Waals surface area contributed by atoms with E-state index in [1.54, 1.807) is 12.1 Å². The van der Waals surface area contributed by atoms with Crippen LogP contribution in [0.3, 0.4) is 0 Å². The molecule has 3 nitrogen and oxygen atoms in total. The standard InChI is InChI=1S/C15H17ClN2O/c1-18(11-6-8-12(19)9-7-11)15(10-17)13-4-2-3-5-14(13)16/h2-9,15,19H,10,17H2,1H3. The molecule has 2 aromatic rings. The van der Waals surface area contributed by atoms with E-state index in [4.69, 9.17) is 17.3 Å². The number of phenolic OH excluding ortho intramolecular Hbond substituents is 1. The van der Waals surface area contributed by atoms with Gasteiger partial charge in [-0.25, -0.2) is 0 Å². The Kier molecular flexibility index (Phi) is 4.30. The maximum Gasteiger partial charge on any atom is 0.115 e. The van der Waals surface area contributed by atoms with E-state index >= 15 is 0 Å². The van der Waals surface area contributed by atoms with E-state index < -0.39 is 0 Å². The molecular weight excluding hydrogens is 260 g/mol. The van der Waals surface area contributed by atoms with E-state index in [1.165, 1.54) is 0 Å². The third kappa shape index (κ3) is 3.00. The second-order valence-corrected chi connectivity index (χ2v) is 4.81. The molecule has 4 heteroatoms. The molecule has 2 rings (SSSR count). The lowest BCUT2D eigenvalue weighted by molar-refractivity contribution is 0.475. The van der Waals surface area contributed by atoms with Crippen molar-refractivity contribution in [3.05, 3.63) is 59.1 Å². The summed E-state index contributed by atoms with van der Waals surface area (Å²) in [5, 5.41) is 10.0. The third-order valence-corrected chi connectivity index (χ3v) is 3.56. The van der Waals surface area contributed by atoms with Crippen LogP contribution < -0.4 is 10.6 Å². The second kappa shape index (κ2) is 5.95. The fourth-order valence-corrected chi connectivity index (χ4v) is 2.37. The molecule has 1 atom stereocenters. The summed E-state index contributed by atoms with van der Waals surface area (Å²) in [7, 11) is 1.97. The highest BCUT2D eigenvalue weighted by atomic mass is 35.5. The van der Waals surface area contributed by atoms with Gasteiger partial charge in [-0.2, -0.15) is 0 Å². The smallest absolute Gasteiger partial charge is 0.115 e. The number of likely N-dealkylation sites (N-methyl/N-ethyl adjacent to an activating group) is 1. The van der Waals surface area contributed by atoms with Crippen molar-refractivity contribution in [2.75, 3.05) is 18.5 Å². The predicted molar refractivity (Wildman–Crippen MR) is 79.8 cm³/mol. The Morgan fingerprint density at radius 3 is 2.37 bits per heavy atom. The van der Waals surface area contributed by atoms with Gasteiger partial charge in [0, 0.05) is 24.3 Å². The zero-order chi connectivity index (χ0) is 13.8. The molecule has 0 amide bonds. The molecule has 3 N–H and O–H groups in total. The number of halogens is 1. The van der Waals surface area contributed by atoms with E-state index in [1.807, 2.05) is 43.4 Å². The molecule has 0 fully saturated rings. The van der Waals surface area contributed by atoms with Crippen molar-refractivity contribution in [1.29, 1.82) is 0 Å². The Balaban J connectivity index is 2.32.